The molecule has 92 valence electrons. The zero-order valence-electron chi connectivity index (χ0n) is 10.0. The van der Waals surface area contributed by atoms with Crippen molar-refractivity contribution in [2.75, 3.05) is 18.5 Å². The van der Waals surface area contributed by atoms with Crippen molar-refractivity contribution in [2.24, 2.45) is 0 Å². The maximum Gasteiger partial charge on any atom is 0.241 e. The summed E-state index contributed by atoms with van der Waals surface area (Å²) in [5.41, 5.74) is 0.744. The number of benzene rings is 1. The van der Waals surface area contributed by atoms with Crippen LogP contribution in [0.4, 0.5) is 5.69 Å². The highest BCUT2D eigenvalue weighted by molar-refractivity contribution is 5.96. The monoisotopic (exact) mass is 234 g/mol. The number of carbonyl (C=O) groups is 1. The van der Waals surface area contributed by atoms with Gasteiger partial charge in [0.2, 0.25) is 5.91 Å². The molecule has 0 spiro atoms. The van der Waals surface area contributed by atoms with E-state index in [4.69, 9.17) is 4.74 Å². The molecule has 1 fully saturated rings. The Bertz CT molecular complexity index is 387. The van der Waals surface area contributed by atoms with E-state index in [1.807, 2.05) is 31.2 Å². The van der Waals surface area contributed by atoms with Crippen molar-refractivity contribution in [1.82, 2.24) is 5.32 Å². The minimum absolute atomic E-state index is 0.0228. The third-order valence-electron chi connectivity index (χ3n) is 2.82. The first-order valence-corrected chi connectivity index (χ1v) is 6.07. The molecule has 1 heterocycles. The van der Waals surface area contributed by atoms with Gasteiger partial charge in [-0.2, -0.15) is 0 Å². The standard InChI is InChI=1S/C13H18N2O2/c1-2-17-12-8-4-3-6-10(12)15-13(16)11-7-5-9-14-11/h3-4,6,8,11,14H,2,5,7,9H2,1H3,(H,15,16)/t11-/m1/s1. The van der Waals surface area contributed by atoms with Crippen LogP contribution >= 0.6 is 0 Å². The van der Waals surface area contributed by atoms with Crippen molar-refractivity contribution in [1.29, 1.82) is 0 Å². The highest BCUT2D eigenvalue weighted by Gasteiger charge is 2.22. The molecule has 17 heavy (non-hydrogen) atoms. The van der Waals surface area contributed by atoms with E-state index in [0.29, 0.717) is 6.61 Å². The summed E-state index contributed by atoms with van der Waals surface area (Å²) in [7, 11) is 0. The topological polar surface area (TPSA) is 50.4 Å². The first-order valence-electron chi connectivity index (χ1n) is 6.07. The molecule has 0 saturated carbocycles. The fourth-order valence-electron chi connectivity index (χ4n) is 1.98. The molecule has 1 amide bonds. The predicted octanol–water partition coefficient (Wildman–Crippen LogP) is 1.78. The summed E-state index contributed by atoms with van der Waals surface area (Å²) in [6.45, 7) is 3.44. The van der Waals surface area contributed by atoms with Crippen molar-refractivity contribution < 1.29 is 9.53 Å². The summed E-state index contributed by atoms with van der Waals surface area (Å²) >= 11 is 0. The van der Waals surface area contributed by atoms with Crippen molar-refractivity contribution in [3.05, 3.63) is 24.3 Å². The Labute approximate surface area is 101 Å². The van der Waals surface area contributed by atoms with Gasteiger partial charge in [0.05, 0.1) is 18.3 Å². The largest absolute Gasteiger partial charge is 0.492 e. The lowest BCUT2D eigenvalue weighted by Gasteiger charge is -2.14. The van der Waals surface area contributed by atoms with Crippen LogP contribution in [0.5, 0.6) is 5.75 Å². The van der Waals surface area contributed by atoms with Crippen molar-refractivity contribution in [2.45, 2.75) is 25.8 Å². The first-order chi connectivity index (χ1) is 8.31. The maximum atomic E-state index is 11.9. The second-order valence-corrected chi connectivity index (χ2v) is 4.07. The highest BCUT2D eigenvalue weighted by Crippen LogP contribution is 2.24. The van der Waals surface area contributed by atoms with E-state index in [9.17, 15) is 4.79 Å². The zero-order valence-corrected chi connectivity index (χ0v) is 10.0. The molecular weight excluding hydrogens is 216 g/mol. The van der Waals surface area contributed by atoms with Gasteiger partial charge in [-0.15, -0.1) is 0 Å². The number of hydrogen-bond acceptors (Lipinski definition) is 3. The number of carbonyl (C=O) groups excluding carboxylic acids is 1. The van der Waals surface area contributed by atoms with Crippen LogP contribution in [-0.2, 0) is 4.79 Å². The fraction of sp³-hybridized carbons (Fsp3) is 0.462. The number of amides is 1. The average molecular weight is 234 g/mol. The lowest BCUT2D eigenvalue weighted by Crippen LogP contribution is -2.35. The second-order valence-electron chi connectivity index (χ2n) is 4.07. The molecule has 0 aromatic heterocycles. The summed E-state index contributed by atoms with van der Waals surface area (Å²) in [5, 5.41) is 6.09. The van der Waals surface area contributed by atoms with Crippen LogP contribution < -0.4 is 15.4 Å². The minimum atomic E-state index is -0.0651. The van der Waals surface area contributed by atoms with Crippen molar-refractivity contribution in [3.8, 4) is 5.75 Å². The molecule has 0 aliphatic carbocycles. The molecule has 0 radical (unpaired) electrons. The molecule has 0 bridgehead atoms. The minimum Gasteiger partial charge on any atom is -0.492 e. The van der Waals surface area contributed by atoms with Crippen molar-refractivity contribution in [3.63, 3.8) is 0 Å². The average Bonchev–Trinajstić information content (AvgIpc) is 2.85. The second kappa shape index (κ2) is 5.68. The zero-order chi connectivity index (χ0) is 12.1. The smallest absolute Gasteiger partial charge is 0.241 e. The molecule has 1 aliphatic rings. The molecule has 0 unspecified atom stereocenters. The molecule has 1 aliphatic heterocycles. The van der Waals surface area contributed by atoms with Gasteiger partial charge < -0.3 is 15.4 Å². The van der Waals surface area contributed by atoms with Crippen LogP contribution in [-0.4, -0.2) is 25.1 Å². The molecule has 2 N–H and O–H groups in total. The lowest BCUT2D eigenvalue weighted by atomic mass is 10.2. The van der Waals surface area contributed by atoms with Gasteiger partial charge in [-0.25, -0.2) is 0 Å². The highest BCUT2D eigenvalue weighted by atomic mass is 16.5. The number of anilines is 1. The maximum absolute atomic E-state index is 11.9. The van der Waals surface area contributed by atoms with Gasteiger partial charge in [-0.1, -0.05) is 12.1 Å². The predicted molar refractivity (Wildman–Crippen MR) is 67.3 cm³/mol. The third kappa shape index (κ3) is 2.97. The van der Waals surface area contributed by atoms with E-state index in [1.54, 1.807) is 0 Å². The number of ether oxygens (including phenoxy) is 1. The molecular formula is C13H18N2O2. The SMILES string of the molecule is CCOc1ccccc1NC(=O)[C@H]1CCCN1. The molecule has 1 atom stereocenters. The van der Waals surface area contributed by atoms with Crippen LogP contribution in [0.15, 0.2) is 24.3 Å². The molecule has 4 heteroatoms. The third-order valence-corrected chi connectivity index (χ3v) is 2.82. The van der Waals surface area contributed by atoms with Crippen molar-refractivity contribution >= 4 is 11.6 Å². The molecule has 1 saturated heterocycles. The fourth-order valence-corrected chi connectivity index (χ4v) is 1.98. The summed E-state index contributed by atoms with van der Waals surface area (Å²) in [6, 6.07) is 7.44. The quantitative estimate of drug-likeness (QED) is 0.835. The van der Waals surface area contributed by atoms with Crippen LogP contribution in [0.2, 0.25) is 0 Å². The van der Waals surface area contributed by atoms with E-state index in [1.165, 1.54) is 0 Å². The summed E-state index contributed by atoms with van der Waals surface area (Å²) < 4.78 is 5.47. The Balaban J connectivity index is 2.04. The van der Waals surface area contributed by atoms with E-state index in [0.717, 1.165) is 30.8 Å². The molecule has 1 aromatic rings. The van der Waals surface area contributed by atoms with Crippen LogP contribution in [0, 0.1) is 0 Å². The van der Waals surface area contributed by atoms with Crippen LogP contribution in [0.25, 0.3) is 0 Å². The van der Waals surface area contributed by atoms with Gasteiger partial charge in [-0.3, -0.25) is 4.79 Å². The van der Waals surface area contributed by atoms with Gasteiger partial charge >= 0.3 is 0 Å². The molecule has 4 nitrogen and oxygen atoms in total. The Morgan fingerprint density at radius 1 is 1.53 bits per heavy atom. The van der Waals surface area contributed by atoms with Gasteiger partial charge in [0.1, 0.15) is 5.75 Å². The summed E-state index contributed by atoms with van der Waals surface area (Å²) in [5.74, 6) is 0.746. The summed E-state index contributed by atoms with van der Waals surface area (Å²) in [6.07, 6.45) is 1.97. The number of nitrogens with one attached hydrogen (secondary N) is 2. The summed E-state index contributed by atoms with van der Waals surface area (Å²) in [4.78, 5) is 11.9. The Hall–Kier alpha value is -1.55. The number of hydrogen-bond donors (Lipinski definition) is 2. The van der Waals surface area contributed by atoms with Gasteiger partial charge in [-0.05, 0) is 38.4 Å². The molecule has 2 rings (SSSR count). The Kier molecular flexibility index (Phi) is 3.98. The van der Waals surface area contributed by atoms with E-state index in [2.05, 4.69) is 10.6 Å². The van der Waals surface area contributed by atoms with E-state index >= 15 is 0 Å². The Morgan fingerprint density at radius 2 is 2.35 bits per heavy atom. The number of rotatable bonds is 4. The van der Waals surface area contributed by atoms with Gasteiger partial charge in [0.25, 0.3) is 0 Å². The van der Waals surface area contributed by atoms with E-state index in [-0.39, 0.29) is 11.9 Å². The Morgan fingerprint density at radius 3 is 3.06 bits per heavy atom. The normalized spacial score (nSPS) is 19.0. The number of para-hydroxylation sites is 2. The van der Waals surface area contributed by atoms with Gasteiger partial charge in [0, 0.05) is 0 Å². The lowest BCUT2D eigenvalue weighted by molar-refractivity contribution is -0.117. The van der Waals surface area contributed by atoms with Crippen LogP contribution in [0.1, 0.15) is 19.8 Å². The van der Waals surface area contributed by atoms with Crippen LogP contribution in [0.3, 0.4) is 0 Å². The molecule has 1 aromatic carbocycles. The first kappa shape index (κ1) is 11.9. The van der Waals surface area contributed by atoms with E-state index < -0.39 is 0 Å². The van der Waals surface area contributed by atoms with Gasteiger partial charge in [0.15, 0.2) is 0 Å².